The third-order valence-electron chi connectivity index (χ3n) is 2.87. The summed E-state index contributed by atoms with van der Waals surface area (Å²) in [5, 5.41) is 2.66. The van der Waals surface area contributed by atoms with Gasteiger partial charge in [0.05, 0.1) is 23.3 Å². The molecule has 1 aromatic carbocycles. The summed E-state index contributed by atoms with van der Waals surface area (Å²) in [5.41, 5.74) is 1.12. The number of aromatic nitrogens is 1. The van der Waals surface area contributed by atoms with Crippen LogP contribution in [0.3, 0.4) is 0 Å². The summed E-state index contributed by atoms with van der Waals surface area (Å²) in [4.78, 5) is 30.4. The SMILES string of the molecule is O=C(Nc1cccnc1)N1CSc2ccccc2C1=O. The number of pyridine rings is 1. The van der Waals surface area contributed by atoms with Crippen molar-refractivity contribution in [2.75, 3.05) is 11.2 Å². The van der Waals surface area contributed by atoms with Crippen LogP contribution in [0.5, 0.6) is 0 Å². The fraction of sp³-hybridized carbons (Fsp3) is 0.0714. The van der Waals surface area contributed by atoms with Gasteiger partial charge in [-0.3, -0.25) is 9.78 Å². The van der Waals surface area contributed by atoms with Gasteiger partial charge >= 0.3 is 6.03 Å². The third-order valence-corrected chi connectivity index (χ3v) is 3.92. The summed E-state index contributed by atoms with van der Waals surface area (Å²) in [6.07, 6.45) is 3.15. The normalized spacial score (nSPS) is 13.8. The number of carbonyl (C=O) groups excluding carboxylic acids is 2. The zero-order chi connectivity index (χ0) is 13.9. The number of imide groups is 1. The van der Waals surface area contributed by atoms with Gasteiger partial charge in [0.1, 0.15) is 0 Å². The number of fused-ring (bicyclic) bond motifs is 1. The van der Waals surface area contributed by atoms with E-state index in [1.807, 2.05) is 12.1 Å². The molecule has 100 valence electrons. The second-order valence-electron chi connectivity index (χ2n) is 4.17. The predicted octanol–water partition coefficient (Wildman–Crippen LogP) is 2.82. The van der Waals surface area contributed by atoms with E-state index >= 15 is 0 Å². The molecule has 0 unspecified atom stereocenters. The first kappa shape index (κ1) is 12.7. The Labute approximate surface area is 120 Å². The maximum Gasteiger partial charge on any atom is 0.329 e. The minimum atomic E-state index is -0.440. The summed E-state index contributed by atoms with van der Waals surface area (Å²) in [7, 11) is 0. The fourth-order valence-electron chi connectivity index (χ4n) is 1.89. The number of rotatable bonds is 1. The Hall–Kier alpha value is -2.34. The topological polar surface area (TPSA) is 62.3 Å². The molecule has 2 heterocycles. The van der Waals surface area contributed by atoms with E-state index < -0.39 is 6.03 Å². The molecule has 3 amide bonds. The molecule has 0 atom stereocenters. The molecule has 0 fully saturated rings. The van der Waals surface area contributed by atoms with Crippen LogP contribution in [0.4, 0.5) is 10.5 Å². The minimum Gasteiger partial charge on any atom is -0.306 e. The van der Waals surface area contributed by atoms with Crippen LogP contribution in [0, 0.1) is 0 Å². The van der Waals surface area contributed by atoms with E-state index in [0.717, 1.165) is 4.90 Å². The maximum atomic E-state index is 12.3. The van der Waals surface area contributed by atoms with Crippen LogP contribution in [0.25, 0.3) is 0 Å². The summed E-state index contributed by atoms with van der Waals surface area (Å²) in [5.74, 6) is 0.0304. The highest BCUT2D eigenvalue weighted by Gasteiger charge is 2.29. The molecule has 0 saturated heterocycles. The van der Waals surface area contributed by atoms with Crippen LogP contribution in [0.2, 0.25) is 0 Å². The largest absolute Gasteiger partial charge is 0.329 e. The van der Waals surface area contributed by atoms with Crippen LogP contribution < -0.4 is 5.32 Å². The monoisotopic (exact) mass is 285 g/mol. The van der Waals surface area contributed by atoms with Crippen molar-refractivity contribution in [1.29, 1.82) is 0 Å². The number of urea groups is 1. The second kappa shape index (κ2) is 5.34. The van der Waals surface area contributed by atoms with Crippen molar-refractivity contribution in [3.63, 3.8) is 0 Å². The molecule has 1 N–H and O–H groups in total. The van der Waals surface area contributed by atoms with Crippen molar-refractivity contribution in [3.8, 4) is 0 Å². The zero-order valence-corrected chi connectivity index (χ0v) is 11.3. The summed E-state index contributed by atoms with van der Waals surface area (Å²) >= 11 is 1.47. The number of amides is 3. The Morgan fingerprint density at radius 2 is 2.10 bits per heavy atom. The molecule has 5 nitrogen and oxygen atoms in total. The van der Waals surface area contributed by atoms with Gasteiger partial charge in [-0.25, -0.2) is 9.69 Å². The van der Waals surface area contributed by atoms with Gasteiger partial charge in [-0.15, -0.1) is 11.8 Å². The first-order valence-electron chi connectivity index (χ1n) is 6.00. The number of nitrogens with one attached hydrogen (secondary N) is 1. The van der Waals surface area contributed by atoms with Crippen molar-refractivity contribution in [2.24, 2.45) is 0 Å². The van der Waals surface area contributed by atoms with E-state index in [9.17, 15) is 9.59 Å². The van der Waals surface area contributed by atoms with Crippen LogP contribution >= 0.6 is 11.8 Å². The van der Waals surface area contributed by atoms with Crippen molar-refractivity contribution < 1.29 is 9.59 Å². The molecule has 1 aliphatic heterocycles. The Morgan fingerprint density at radius 1 is 1.25 bits per heavy atom. The van der Waals surface area contributed by atoms with Gasteiger partial charge in [-0.2, -0.15) is 0 Å². The van der Waals surface area contributed by atoms with Gasteiger partial charge in [-0.1, -0.05) is 12.1 Å². The first-order chi connectivity index (χ1) is 9.75. The van der Waals surface area contributed by atoms with Crippen molar-refractivity contribution in [1.82, 2.24) is 9.88 Å². The van der Waals surface area contributed by atoms with Gasteiger partial charge in [-0.05, 0) is 24.3 Å². The lowest BCUT2D eigenvalue weighted by molar-refractivity contribution is 0.0826. The van der Waals surface area contributed by atoms with E-state index in [2.05, 4.69) is 10.3 Å². The smallest absolute Gasteiger partial charge is 0.306 e. The lowest BCUT2D eigenvalue weighted by atomic mass is 10.2. The molecule has 0 aliphatic carbocycles. The lowest BCUT2D eigenvalue weighted by Gasteiger charge is -2.26. The molecule has 0 spiro atoms. The van der Waals surface area contributed by atoms with E-state index in [-0.39, 0.29) is 5.91 Å². The molecule has 3 rings (SSSR count). The Bertz CT molecular complexity index is 660. The Balaban J connectivity index is 1.79. The highest BCUT2D eigenvalue weighted by atomic mass is 32.2. The number of benzene rings is 1. The van der Waals surface area contributed by atoms with E-state index in [4.69, 9.17) is 0 Å². The predicted molar refractivity (Wildman–Crippen MR) is 76.6 cm³/mol. The molecule has 0 bridgehead atoms. The highest BCUT2D eigenvalue weighted by Crippen LogP contribution is 2.30. The summed E-state index contributed by atoms with van der Waals surface area (Å²) < 4.78 is 0. The lowest BCUT2D eigenvalue weighted by Crippen LogP contribution is -2.41. The van der Waals surface area contributed by atoms with Gasteiger partial charge in [0, 0.05) is 11.1 Å². The maximum absolute atomic E-state index is 12.3. The number of hydrogen-bond donors (Lipinski definition) is 1. The molecule has 20 heavy (non-hydrogen) atoms. The van der Waals surface area contributed by atoms with E-state index in [0.29, 0.717) is 17.1 Å². The van der Waals surface area contributed by atoms with E-state index in [1.165, 1.54) is 22.9 Å². The van der Waals surface area contributed by atoms with Gasteiger partial charge < -0.3 is 5.32 Å². The summed E-state index contributed by atoms with van der Waals surface area (Å²) in [6.45, 7) is 0. The molecular weight excluding hydrogens is 274 g/mol. The van der Waals surface area contributed by atoms with E-state index in [1.54, 1.807) is 30.5 Å². The Kier molecular flexibility index (Phi) is 3.39. The summed E-state index contributed by atoms with van der Waals surface area (Å²) in [6, 6.07) is 10.3. The fourth-order valence-corrected chi connectivity index (χ4v) is 2.87. The number of thioether (sulfide) groups is 1. The van der Waals surface area contributed by atoms with Crippen LogP contribution in [0.15, 0.2) is 53.7 Å². The number of nitrogens with zero attached hydrogens (tertiary/aromatic N) is 2. The molecule has 1 aliphatic rings. The third kappa shape index (κ3) is 2.37. The van der Waals surface area contributed by atoms with Gasteiger partial charge in [0.15, 0.2) is 0 Å². The van der Waals surface area contributed by atoms with Gasteiger partial charge in [0.25, 0.3) is 5.91 Å². The first-order valence-corrected chi connectivity index (χ1v) is 6.99. The van der Waals surface area contributed by atoms with Crippen LogP contribution in [0.1, 0.15) is 10.4 Å². The number of anilines is 1. The molecule has 0 radical (unpaired) electrons. The zero-order valence-electron chi connectivity index (χ0n) is 10.4. The molecule has 2 aromatic rings. The van der Waals surface area contributed by atoms with Gasteiger partial charge in [0.2, 0.25) is 0 Å². The average molecular weight is 285 g/mol. The highest BCUT2D eigenvalue weighted by molar-refractivity contribution is 7.99. The van der Waals surface area contributed by atoms with Crippen molar-refractivity contribution >= 4 is 29.4 Å². The minimum absolute atomic E-state index is 0.277. The quantitative estimate of drug-likeness (QED) is 0.875. The number of carbonyl (C=O) groups is 2. The average Bonchev–Trinajstić information content (AvgIpc) is 2.49. The molecular formula is C14H11N3O2S. The van der Waals surface area contributed by atoms with Crippen molar-refractivity contribution in [2.45, 2.75) is 4.90 Å². The molecule has 0 saturated carbocycles. The second-order valence-corrected chi connectivity index (χ2v) is 5.16. The number of hydrogen-bond acceptors (Lipinski definition) is 4. The van der Waals surface area contributed by atoms with Crippen LogP contribution in [-0.4, -0.2) is 27.7 Å². The van der Waals surface area contributed by atoms with Crippen LogP contribution in [-0.2, 0) is 0 Å². The standard InChI is InChI=1S/C14H11N3O2S/c18-13-11-5-1-2-6-12(11)20-9-17(13)14(19)16-10-4-3-7-15-8-10/h1-8H,9H2,(H,16,19). The molecule has 1 aromatic heterocycles. The molecule has 6 heteroatoms. The van der Waals surface area contributed by atoms with Crippen molar-refractivity contribution in [3.05, 3.63) is 54.4 Å². The Morgan fingerprint density at radius 3 is 2.90 bits per heavy atom.